The fraction of sp³-hybridized carbons (Fsp3) is 0.308. The number of hydrogen-bond acceptors (Lipinski definition) is 6. The molecule has 5 nitrogen and oxygen atoms in total. The maximum atomic E-state index is 11.9. The van der Waals surface area contributed by atoms with Crippen LogP contribution in [0.4, 0.5) is 0 Å². The topological polar surface area (TPSA) is 61.3 Å². The SMILES string of the molecule is CCc1cnc(COC(=O)c2cccnc2OC)s1. The van der Waals surface area contributed by atoms with Gasteiger partial charge >= 0.3 is 5.97 Å². The van der Waals surface area contributed by atoms with Crippen LogP contribution in [0.15, 0.2) is 24.5 Å². The summed E-state index contributed by atoms with van der Waals surface area (Å²) in [6, 6.07) is 3.28. The van der Waals surface area contributed by atoms with Gasteiger partial charge < -0.3 is 9.47 Å². The van der Waals surface area contributed by atoms with Gasteiger partial charge in [0.15, 0.2) is 0 Å². The number of ether oxygens (including phenoxy) is 2. The molecule has 0 amide bonds. The summed E-state index contributed by atoms with van der Waals surface area (Å²) in [6.07, 6.45) is 4.30. The lowest BCUT2D eigenvalue weighted by molar-refractivity contribution is 0.0468. The van der Waals surface area contributed by atoms with Gasteiger partial charge in [-0.1, -0.05) is 6.92 Å². The molecule has 0 saturated carbocycles. The number of thiazole rings is 1. The predicted molar refractivity (Wildman–Crippen MR) is 71.4 cm³/mol. The highest BCUT2D eigenvalue weighted by atomic mass is 32.1. The summed E-state index contributed by atoms with van der Waals surface area (Å²) in [5, 5.41) is 0.785. The van der Waals surface area contributed by atoms with E-state index in [0.717, 1.165) is 11.4 Å². The van der Waals surface area contributed by atoms with E-state index in [-0.39, 0.29) is 12.5 Å². The van der Waals surface area contributed by atoms with E-state index in [0.29, 0.717) is 5.56 Å². The molecule has 6 heteroatoms. The number of methoxy groups -OCH3 is 1. The normalized spacial score (nSPS) is 10.2. The van der Waals surface area contributed by atoms with E-state index in [4.69, 9.17) is 9.47 Å². The molecule has 2 aromatic rings. The third-order valence-electron chi connectivity index (χ3n) is 2.46. The van der Waals surface area contributed by atoms with Crippen LogP contribution in [0.3, 0.4) is 0 Å². The van der Waals surface area contributed by atoms with Gasteiger partial charge in [0, 0.05) is 17.3 Å². The summed E-state index contributed by atoms with van der Waals surface area (Å²) in [7, 11) is 1.47. The van der Waals surface area contributed by atoms with Crippen molar-refractivity contribution in [3.05, 3.63) is 40.0 Å². The van der Waals surface area contributed by atoms with E-state index >= 15 is 0 Å². The molecule has 19 heavy (non-hydrogen) atoms. The molecule has 2 heterocycles. The monoisotopic (exact) mass is 278 g/mol. The molecule has 0 unspecified atom stereocenters. The highest BCUT2D eigenvalue weighted by Gasteiger charge is 2.15. The number of hydrogen-bond donors (Lipinski definition) is 0. The van der Waals surface area contributed by atoms with Gasteiger partial charge in [0.2, 0.25) is 5.88 Å². The van der Waals surface area contributed by atoms with Gasteiger partial charge in [-0.2, -0.15) is 0 Å². The lowest BCUT2D eigenvalue weighted by Gasteiger charge is -2.06. The van der Waals surface area contributed by atoms with Crippen molar-refractivity contribution in [3.63, 3.8) is 0 Å². The van der Waals surface area contributed by atoms with Crippen molar-refractivity contribution in [2.75, 3.05) is 7.11 Å². The average Bonchev–Trinajstić information content (AvgIpc) is 2.92. The van der Waals surface area contributed by atoms with Crippen LogP contribution in [0.2, 0.25) is 0 Å². The molecular weight excluding hydrogens is 264 g/mol. The van der Waals surface area contributed by atoms with Crippen molar-refractivity contribution in [3.8, 4) is 5.88 Å². The third-order valence-corrected chi connectivity index (χ3v) is 3.58. The number of rotatable bonds is 5. The van der Waals surface area contributed by atoms with Crippen molar-refractivity contribution in [2.24, 2.45) is 0 Å². The van der Waals surface area contributed by atoms with E-state index < -0.39 is 5.97 Å². The molecule has 100 valence electrons. The van der Waals surface area contributed by atoms with Crippen molar-refractivity contribution in [1.29, 1.82) is 0 Å². The highest BCUT2D eigenvalue weighted by Crippen LogP contribution is 2.18. The van der Waals surface area contributed by atoms with Gasteiger partial charge in [-0.05, 0) is 18.6 Å². The Kier molecular flexibility index (Phi) is 4.46. The molecule has 0 radical (unpaired) electrons. The van der Waals surface area contributed by atoms with E-state index in [1.807, 2.05) is 0 Å². The molecule has 0 spiro atoms. The fourth-order valence-corrected chi connectivity index (χ4v) is 2.27. The summed E-state index contributed by atoms with van der Waals surface area (Å²) in [5.41, 5.74) is 0.317. The summed E-state index contributed by atoms with van der Waals surface area (Å²) in [5.74, 6) is -0.195. The minimum Gasteiger partial charge on any atom is -0.480 e. The lowest BCUT2D eigenvalue weighted by atomic mass is 10.3. The number of esters is 1. The largest absolute Gasteiger partial charge is 0.480 e. The molecule has 0 aliphatic carbocycles. The summed E-state index contributed by atoms with van der Waals surface area (Å²) < 4.78 is 10.2. The molecule has 0 saturated heterocycles. The van der Waals surface area contributed by atoms with Crippen LogP contribution in [0.25, 0.3) is 0 Å². The van der Waals surface area contributed by atoms with Gasteiger partial charge in [-0.15, -0.1) is 11.3 Å². The molecule has 0 aliphatic rings. The second kappa shape index (κ2) is 6.29. The van der Waals surface area contributed by atoms with Crippen LogP contribution in [-0.4, -0.2) is 23.0 Å². The van der Waals surface area contributed by atoms with Gasteiger partial charge in [0.05, 0.1) is 7.11 Å². The second-order valence-corrected chi connectivity index (χ2v) is 4.91. The third kappa shape index (κ3) is 3.29. The van der Waals surface area contributed by atoms with Gasteiger partial charge in [-0.25, -0.2) is 14.8 Å². The van der Waals surface area contributed by atoms with Crippen molar-refractivity contribution < 1.29 is 14.3 Å². The van der Waals surface area contributed by atoms with Crippen LogP contribution < -0.4 is 4.74 Å². The Labute approximate surface area is 115 Å². The van der Waals surface area contributed by atoms with Crippen molar-refractivity contribution in [2.45, 2.75) is 20.0 Å². The van der Waals surface area contributed by atoms with Crippen LogP contribution in [-0.2, 0) is 17.8 Å². The Bertz CT molecular complexity index is 569. The smallest absolute Gasteiger partial charge is 0.344 e. The van der Waals surface area contributed by atoms with Gasteiger partial charge in [0.1, 0.15) is 17.2 Å². The Morgan fingerprint density at radius 3 is 2.95 bits per heavy atom. The lowest BCUT2D eigenvalue weighted by Crippen LogP contribution is -2.07. The van der Waals surface area contributed by atoms with Gasteiger partial charge in [-0.3, -0.25) is 0 Å². The zero-order chi connectivity index (χ0) is 13.7. The van der Waals surface area contributed by atoms with Crippen LogP contribution in [0, 0.1) is 0 Å². The fourth-order valence-electron chi connectivity index (χ4n) is 1.49. The average molecular weight is 278 g/mol. The minimum atomic E-state index is -0.460. The molecule has 2 aromatic heterocycles. The summed E-state index contributed by atoms with van der Waals surface area (Å²) in [6.45, 7) is 2.23. The summed E-state index contributed by atoms with van der Waals surface area (Å²) in [4.78, 5) is 21.2. The van der Waals surface area contributed by atoms with Crippen molar-refractivity contribution >= 4 is 17.3 Å². The Morgan fingerprint density at radius 2 is 2.26 bits per heavy atom. The van der Waals surface area contributed by atoms with E-state index in [1.165, 1.54) is 12.0 Å². The highest BCUT2D eigenvalue weighted by molar-refractivity contribution is 7.11. The zero-order valence-electron chi connectivity index (χ0n) is 10.8. The standard InChI is InChI=1S/C13H14N2O3S/c1-3-9-7-15-11(19-9)8-18-13(16)10-5-4-6-14-12(10)17-2/h4-7H,3,8H2,1-2H3. The molecule has 0 fully saturated rings. The van der Waals surface area contributed by atoms with E-state index in [9.17, 15) is 4.79 Å². The zero-order valence-corrected chi connectivity index (χ0v) is 11.6. The van der Waals surface area contributed by atoms with Crippen molar-refractivity contribution in [1.82, 2.24) is 9.97 Å². The first kappa shape index (κ1) is 13.5. The quantitative estimate of drug-likeness (QED) is 0.786. The van der Waals surface area contributed by atoms with Crippen LogP contribution >= 0.6 is 11.3 Å². The molecule has 0 aliphatic heterocycles. The first-order valence-corrected chi connectivity index (χ1v) is 6.66. The number of aryl methyl sites for hydroxylation is 1. The maximum absolute atomic E-state index is 11.9. The Morgan fingerprint density at radius 1 is 1.42 bits per heavy atom. The number of carbonyl (C=O) groups excluding carboxylic acids is 1. The molecule has 0 bridgehead atoms. The molecule has 0 N–H and O–H groups in total. The minimum absolute atomic E-state index is 0.168. The number of nitrogens with zero attached hydrogens (tertiary/aromatic N) is 2. The molecule has 0 atom stereocenters. The molecular formula is C13H14N2O3S. The first-order chi connectivity index (χ1) is 9.24. The Hall–Kier alpha value is -1.95. The number of carbonyl (C=O) groups is 1. The van der Waals surface area contributed by atoms with Crippen LogP contribution in [0.1, 0.15) is 27.2 Å². The second-order valence-electron chi connectivity index (χ2n) is 3.71. The first-order valence-electron chi connectivity index (χ1n) is 5.84. The number of pyridine rings is 1. The maximum Gasteiger partial charge on any atom is 0.344 e. The van der Waals surface area contributed by atoms with Crippen LogP contribution in [0.5, 0.6) is 5.88 Å². The molecule has 2 rings (SSSR count). The number of aromatic nitrogens is 2. The van der Waals surface area contributed by atoms with E-state index in [2.05, 4.69) is 16.9 Å². The van der Waals surface area contributed by atoms with Gasteiger partial charge in [0.25, 0.3) is 0 Å². The molecule has 0 aromatic carbocycles. The predicted octanol–water partition coefficient (Wildman–Crippen LogP) is 2.47. The Balaban J connectivity index is 2.01. The summed E-state index contributed by atoms with van der Waals surface area (Å²) >= 11 is 1.54. The van der Waals surface area contributed by atoms with E-state index in [1.54, 1.807) is 35.9 Å².